The molecular weight excluding hydrogens is 401 g/mol. The zero-order chi connectivity index (χ0) is 14.6. The summed E-state index contributed by atoms with van der Waals surface area (Å²) in [6.07, 6.45) is 4.64. The Labute approximate surface area is 148 Å². The molecule has 0 spiro atoms. The smallest absolute Gasteiger partial charge is 0.191 e. The van der Waals surface area contributed by atoms with Gasteiger partial charge < -0.3 is 19.8 Å². The maximum Gasteiger partial charge on any atom is 0.191 e. The molecule has 1 aromatic rings. The monoisotopic (exact) mass is 427 g/mol. The average Bonchev–Trinajstić information content (AvgIpc) is 2.97. The Hall–Kier alpha value is -0.410. The van der Waals surface area contributed by atoms with E-state index in [9.17, 15) is 0 Å². The number of ether oxygens (including phenoxy) is 1. The molecule has 0 fully saturated rings. The van der Waals surface area contributed by atoms with Crippen LogP contribution in [0.4, 0.5) is 0 Å². The molecule has 1 atom stereocenters. The van der Waals surface area contributed by atoms with E-state index < -0.39 is 0 Å². The first-order valence-electron chi connectivity index (χ1n) is 6.82. The largest absolute Gasteiger partial charge is 0.469 e. The standard InChI is InChI=1S/C14H25N3O2S.HI/c1-12(20-3)11-17-14(16-8-10-18-2)15-7-6-13-5-4-9-19-13;/h4-5,9,12H,6-8,10-11H2,1-3H3,(H2,15,16,17);1H. The van der Waals surface area contributed by atoms with E-state index in [0.717, 1.165) is 37.8 Å². The van der Waals surface area contributed by atoms with Crippen LogP contribution >= 0.6 is 35.7 Å². The molecule has 0 saturated carbocycles. The second-order valence-electron chi connectivity index (χ2n) is 4.41. The van der Waals surface area contributed by atoms with E-state index in [-0.39, 0.29) is 24.0 Å². The lowest BCUT2D eigenvalue weighted by atomic mass is 10.3. The lowest BCUT2D eigenvalue weighted by molar-refractivity contribution is 0.203. The SMILES string of the molecule is COCCNC(=NCC(C)SC)NCCc1ccco1.I. The fraction of sp³-hybridized carbons (Fsp3) is 0.643. The molecule has 2 N–H and O–H groups in total. The minimum Gasteiger partial charge on any atom is -0.469 e. The van der Waals surface area contributed by atoms with E-state index in [1.807, 2.05) is 23.9 Å². The van der Waals surface area contributed by atoms with Crippen molar-refractivity contribution in [3.63, 3.8) is 0 Å². The molecule has 21 heavy (non-hydrogen) atoms. The summed E-state index contributed by atoms with van der Waals surface area (Å²) in [6.45, 7) is 5.17. The van der Waals surface area contributed by atoms with Gasteiger partial charge in [-0.2, -0.15) is 11.8 Å². The Morgan fingerprint density at radius 2 is 2.19 bits per heavy atom. The van der Waals surface area contributed by atoms with Crippen LogP contribution in [-0.4, -0.2) is 50.8 Å². The minimum absolute atomic E-state index is 0. The van der Waals surface area contributed by atoms with Gasteiger partial charge in [0.05, 0.1) is 19.4 Å². The van der Waals surface area contributed by atoms with Crippen LogP contribution in [0, 0.1) is 0 Å². The molecule has 0 aliphatic carbocycles. The highest BCUT2D eigenvalue weighted by Crippen LogP contribution is 2.04. The number of halogens is 1. The molecule has 1 unspecified atom stereocenters. The van der Waals surface area contributed by atoms with Crippen LogP contribution in [0.1, 0.15) is 12.7 Å². The van der Waals surface area contributed by atoms with E-state index in [1.54, 1.807) is 13.4 Å². The van der Waals surface area contributed by atoms with Crippen molar-refractivity contribution in [1.29, 1.82) is 0 Å². The van der Waals surface area contributed by atoms with Crippen LogP contribution in [0.5, 0.6) is 0 Å². The predicted molar refractivity (Wildman–Crippen MR) is 101 cm³/mol. The van der Waals surface area contributed by atoms with E-state index in [4.69, 9.17) is 9.15 Å². The van der Waals surface area contributed by atoms with Gasteiger partial charge in [-0.05, 0) is 18.4 Å². The van der Waals surface area contributed by atoms with Crippen molar-refractivity contribution in [1.82, 2.24) is 10.6 Å². The summed E-state index contributed by atoms with van der Waals surface area (Å²) in [5.74, 6) is 1.81. The number of methoxy groups -OCH3 is 1. The van der Waals surface area contributed by atoms with Crippen molar-refractivity contribution in [2.24, 2.45) is 4.99 Å². The van der Waals surface area contributed by atoms with Crippen molar-refractivity contribution in [3.05, 3.63) is 24.2 Å². The molecule has 1 heterocycles. The highest BCUT2D eigenvalue weighted by molar-refractivity contribution is 14.0. The Morgan fingerprint density at radius 3 is 2.81 bits per heavy atom. The molecule has 0 saturated heterocycles. The maximum atomic E-state index is 5.31. The van der Waals surface area contributed by atoms with Gasteiger partial charge in [0, 0.05) is 31.9 Å². The fourth-order valence-electron chi connectivity index (χ4n) is 1.50. The fourth-order valence-corrected chi connectivity index (χ4v) is 1.72. The maximum absolute atomic E-state index is 5.31. The number of hydrogen-bond donors (Lipinski definition) is 2. The Kier molecular flexibility index (Phi) is 13.0. The molecule has 122 valence electrons. The van der Waals surface area contributed by atoms with Gasteiger partial charge in [-0.3, -0.25) is 4.99 Å². The molecule has 0 bridgehead atoms. The molecule has 0 aliphatic heterocycles. The van der Waals surface area contributed by atoms with Gasteiger partial charge in [0.1, 0.15) is 5.76 Å². The van der Waals surface area contributed by atoms with Crippen LogP contribution in [-0.2, 0) is 11.2 Å². The second-order valence-corrected chi connectivity index (χ2v) is 5.69. The highest BCUT2D eigenvalue weighted by Gasteiger charge is 2.02. The third-order valence-electron chi connectivity index (χ3n) is 2.75. The van der Waals surface area contributed by atoms with Crippen LogP contribution in [0.25, 0.3) is 0 Å². The third-order valence-corrected chi connectivity index (χ3v) is 3.71. The number of thioether (sulfide) groups is 1. The van der Waals surface area contributed by atoms with Gasteiger partial charge in [-0.25, -0.2) is 0 Å². The molecule has 5 nitrogen and oxygen atoms in total. The topological polar surface area (TPSA) is 58.8 Å². The number of nitrogens with one attached hydrogen (secondary N) is 2. The summed E-state index contributed by atoms with van der Waals surface area (Å²) in [5.41, 5.74) is 0. The number of aliphatic imine (C=N–C) groups is 1. The zero-order valence-electron chi connectivity index (χ0n) is 12.9. The van der Waals surface area contributed by atoms with E-state index in [2.05, 4.69) is 28.8 Å². The number of rotatable bonds is 9. The lowest BCUT2D eigenvalue weighted by Crippen LogP contribution is -2.40. The van der Waals surface area contributed by atoms with E-state index >= 15 is 0 Å². The van der Waals surface area contributed by atoms with Crippen molar-refractivity contribution in [2.75, 3.05) is 39.6 Å². The van der Waals surface area contributed by atoms with Crippen molar-refractivity contribution < 1.29 is 9.15 Å². The van der Waals surface area contributed by atoms with Crippen molar-refractivity contribution in [3.8, 4) is 0 Å². The molecule has 0 aliphatic rings. The molecule has 0 radical (unpaired) electrons. The van der Waals surface area contributed by atoms with Gasteiger partial charge >= 0.3 is 0 Å². The number of hydrogen-bond acceptors (Lipinski definition) is 4. The van der Waals surface area contributed by atoms with Crippen molar-refractivity contribution >= 4 is 41.7 Å². The summed E-state index contributed by atoms with van der Waals surface area (Å²) in [5, 5.41) is 7.08. The summed E-state index contributed by atoms with van der Waals surface area (Å²) in [4.78, 5) is 4.57. The first-order valence-corrected chi connectivity index (χ1v) is 8.11. The quantitative estimate of drug-likeness (QED) is 0.274. The third kappa shape index (κ3) is 10.0. The molecule has 1 aromatic heterocycles. The van der Waals surface area contributed by atoms with Crippen molar-refractivity contribution in [2.45, 2.75) is 18.6 Å². The van der Waals surface area contributed by atoms with Gasteiger partial charge in [-0.1, -0.05) is 6.92 Å². The number of guanidine groups is 1. The minimum atomic E-state index is 0. The zero-order valence-corrected chi connectivity index (χ0v) is 16.1. The molecule has 7 heteroatoms. The summed E-state index contributed by atoms with van der Waals surface area (Å²) in [7, 11) is 1.69. The second kappa shape index (κ2) is 13.3. The van der Waals surface area contributed by atoms with Crippen LogP contribution in [0.3, 0.4) is 0 Å². The Bertz CT molecular complexity index is 374. The van der Waals surface area contributed by atoms with Crippen LogP contribution in [0.2, 0.25) is 0 Å². The lowest BCUT2D eigenvalue weighted by Gasteiger charge is -2.13. The summed E-state index contributed by atoms with van der Waals surface area (Å²) < 4.78 is 10.3. The van der Waals surface area contributed by atoms with Gasteiger partial charge in [0.15, 0.2) is 5.96 Å². The summed E-state index contributed by atoms with van der Waals surface area (Å²) in [6, 6.07) is 3.88. The van der Waals surface area contributed by atoms with Gasteiger partial charge in [0.2, 0.25) is 0 Å². The van der Waals surface area contributed by atoms with E-state index in [0.29, 0.717) is 11.9 Å². The summed E-state index contributed by atoms with van der Waals surface area (Å²) >= 11 is 1.81. The first-order chi connectivity index (χ1) is 9.76. The predicted octanol–water partition coefficient (Wildman–Crippen LogP) is 2.37. The Morgan fingerprint density at radius 1 is 1.43 bits per heavy atom. The number of nitrogens with zero attached hydrogens (tertiary/aromatic N) is 1. The Balaban J connectivity index is 0.00000400. The molecule has 0 amide bonds. The van der Waals surface area contributed by atoms with Gasteiger partial charge in [0.25, 0.3) is 0 Å². The highest BCUT2D eigenvalue weighted by atomic mass is 127. The molecule has 1 rings (SSSR count). The van der Waals surface area contributed by atoms with E-state index in [1.165, 1.54) is 0 Å². The van der Waals surface area contributed by atoms with Crippen LogP contribution < -0.4 is 10.6 Å². The normalized spacial score (nSPS) is 12.6. The number of furan rings is 1. The molecular formula is C14H26IN3O2S. The first kappa shape index (κ1) is 20.6. The van der Waals surface area contributed by atoms with Crippen LogP contribution in [0.15, 0.2) is 27.8 Å². The van der Waals surface area contributed by atoms with Gasteiger partial charge in [-0.15, -0.1) is 24.0 Å². The average molecular weight is 427 g/mol. The molecule has 0 aromatic carbocycles.